The average molecular weight is 602 g/mol. The van der Waals surface area contributed by atoms with Crippen molar-refractivity contribution in [2.45, 2.75) is 171 Å². The highest BCUT2D eigenvalue weighted by molar-refractivity contribution is 5.83. The fourth-order valence-corrected chi connectivity index (χ4v) is 6.15. The number of fused-ring (bicyclic) bond motifs is 1. The SMILES string of the molecule is Cc1c(C)c2c(c(C)c1OC(=O)[C@@H](C)NC(=O)OC(C)(C)C)CC[C@@](C)(CCC[C@@H](C)CCC[C@@H](C)CCCC(C)C)O2. The van der Waals surface area contributed by atoms with E-state index in [2.05, 4.69) is 39.9 Å². The third kappa shape index (κ3) is 12.0. The first kappa shape index (κ1) is 36.9. The first-order valence-electron chi connectivity index (χ1n) is 16.9. The minimum atomic E-state index is -0.843. The van der Waals surface area contributed by atoms with E-state index in [4.69, 9.17) is 14.2 Å². The molecule has 0 saturated carbocycles. The minimum absolute atomic E-state index is 0.189. The molecule has 1 aliphatic rings. The van der Waals surface area contributed by atoms with Crippen molar-refractivity contribution < 1.29 is 23.8 Å². The highest BCUT2D eigenvalue weighted by Gasteiger charge is 2.35. The largest absolute Gasteiger partial charge is 0.487 e. The Morgan fingerprint density at radius 3 is 1.98 bits per heavy atom. The lowest BCUT2D eigenvalue weighted by Crippen LogP contribution is -2.43. The molecule has 0 bridgehead atoms. The summed E-state index contributed by atoms with van der Waals surface area (Å²) in [6.45, 7) is 24.7. The van der Waals surface area contributed by atoms with Crippen LogP contribution in [0.4, 0.5) is 4.79 Å². The van der Waals surface area contributed by atoms with Crippen molar-refractivity contribution in [2.75, 3.05) is 0 Å². The summed E-state index contributed by atoms with van der Waals surface area (Å²) < 4.78 is 17.9. The number of hydrogen-bond acceptors (Lipinski definition) is 5. The number of alkyl carbamates (subject to hydrolysis) is 1. The number of carbonyl (C=O) groups excluding carboxylic acids is 2. The molecule has 1 amide bonds. The molecule has 0 radical (unpaired) electrons. The van der Waals surface area contributed by atoms with E-state index >= 15 is 0 Å². The molecule has 0 saturated heterocycles. The molecular weight excluding hydrogens is 538 g/mol. The van der Waals surface area contributed by atoms with Crippen molar-refractivity contribution in [1.29, 1.82) is 0 Å². The Hall–Kier alpha value is -2.24. The maximum absolute atomic E-state index is 12.9. The lowest BCUT2D eigenvalue weighted by atomic mass is 9.83. The molecule has 0 fully saturated rings. The zero-order valence-corrected chi connectivity index (χ0v) is 29.6. The molecule has 1 heterocycles. The van der Waals surface area contributed by atoms with Gasteiger partial charge in [-0.2, -0.15) is 0 Å². The van der Waals surface area contributed by atoms with Gasteiger partial charge in [-0.15, -0.1) is 0 Å². The quantitative estimate of drug-likeness (QED) is 0.160. The van der Waals surface area contributed by atoms with E-state index in [1.165, 1.54) is 51.4 Å². The van der Waals surface area contributed by atoms with Gasteiger partial charge in [-0.05, 0) is 116 Å². The molecule has 246 valence electrons. The smallest absolute Gasteiger partial charge is 0.408 e. The van der Waals surface area contributed by atoms with Crippen LogP contribution in [0, 0.1) is 38.5 Å². The van der Waals surface area contributed by atoms with Crippen LogP contribution < -0.4 is 14.8 Å². The number of ether oxygens (including phenoxy) is 3. The second-order valence-corrected chi connectivity index (χ2v) is 15.2. The van der Waals surface area contributed by atoms with Crippen molar-refractivity contribution in [2.24, 2.45) is 17.8 Å². The lowest BCUT2D eigenvalue weighted by molar-refractivity contribution is -0.136. The van der Waals surface area contributed by atoms with E-state index in [1.54, 1.807) is 27.7 Å². The molecule has 1 aromatic rings. The first-order chi connectivity index (χ1) is 19.9. The number of nitrogens with one attached hydrogen (secondary N) is 1. The summed E-state index contributed by atoms with van der Waals surface area (Å²) in [7, 11) is 0. The van der Waals surface area contributed by atoms with Crippen LogP contribution in [0.15, 0.2) is 0 Å². The van der Waals surface area contributed by atoms with Crippen LogP contribution in [-0.2, 0) is 16.0 Å². The summed E-state index contributed by atoms with van der Waals surface area (Å²) in [6, 6.07) is -0.843. The van der Waals surface area contributed by atoms with Gasteiger partial charge in [-0.1, -0.05) is 72.6 Å². The molecule has 0 unspecified atom stereocenters. The normalized spacial score (nSPS) is 18.8. The van der Waals surface area contributed by atoms with Gasteiger partial charge in [0.05, 0.1) is 0 Å². The van der Waals surface area contributed by atoms with Gasteiger partial charge in [-0.3, -0.25) is 0 Å². The molecule has 1 aromatic carbocycles. The Morgan fingerprint density at radius 2 is 1.42 bits per heavy atom. The second kappa shape index (κ2) is 16.2. The van der Waals surface area contributed by atoms with Gasteiger partial charge in [0.1, 0.15) is 28.7 Å². The van der Waals surface area contributed by atoms with Crippen LogP contribution in [0.2, 0.25) is 0 Å². The summed E-state index contributed by atoms with van der Waals surface area (Å²) in [6.07, 6.45) is 12.8. The number of benzene rings is 1. The number of esters is 1. The molecule has 0 spiro atoms. The maximum atomic E-state index is 12.9. The van der Waals surface area contributed by atoms with Crippen LogP contribution >= 0.6 is 0 Å². The summed E-state index contributed by atoms with van der Waals surface area (Å²) in [4.78, 5) is 25.1. The molecule has 1 aliphatic heterocycles. The second-order valence-electron chi connectivity index (χ2n) is 15.2. The topological polar surface area (TPSA) is 73.9 Å². The van der Waals surface area contributed by atoms with Gasteiger partial charge in [0.15, 0.2) is 0 Å². The highest BCUT2D eigenvalue weighted by Crippen LogP contribution is 2.45. The van der Waals surface area contributed by atoms with Crippen LogP contribution in [0.5, 0.6) is 11.5 Å². The average Bonchev–Trinajstić information content (AvgIpc) is 2.88. The van der Waals surface area contributed by atoms with Crippen LogP contribution in [-0.4, -0.2) is 29.3 Å². The van der Waals surface area contributed by atoms with Gasteiger partial charge in [0.25, 0.3) is 0 Å². The van der Waals surface area contributed by atoms with Crippen molar-refractivity contribution in [3.8, 4) is 11.5 Å². The zero-order valence-electron chi connectivity index (χ0n) is 29.6. The Labute approximate surface area is 263 Å². The van der Waals surface area contributed by atoms with E-state index in [9.17, 15) is 9.59 Å². The van der Waals surface area contributed by atoms with Crippen molar-refractivity contribution in [3.63, 3.8) is 0 Å². The summed E-state index contributed by atoms with van der Waals surface area (Å²) >= 11 is 0. The van der Waals surface area contributed by atoms with E-state index in [0.29, 0.717) is 5.75 Å². The summed E-state index contributed by atoms with van der Waals surface area (Å²) in [5, 5.41) is 2.58. The Balaban J connectivity index is 1.92. The van der Waals surface area contributed by atoms with E-state index in [0.717, 1.165) is 65.0 Å². The maximum Gasteiger partial charge on any atom is 0.408 e. The lowest BCUT2D eigenvalue weighted by Gasteiger charge is -2.38. The van der Waals surface area contributed by atoms with E-state index in [-0.39, 0.29) is 5.60 Å². The number of carbonyl (C=O) groups is 2. The van der Waals surface area contributed by atoms with Crippen molar-refractivity contribution in [3.05, 3.63) is 22.3 Å². The number of hydrogen-bond donors (Lipinski definition) is 1. The molecule has 6 nitrogen and oxygen atoms in total. The van der Waals surface area contributed by atoms with Crippen LogP contribution in [0.1, 0.15) is 149 Å². The molecular formula is C37H63NO5. The minimum Gasteiger partial charge on any atom is -0.487 e. The first-order valence-corrected chi connectivity index (χ1v) is 16.9. The molecule has 0 aromatic heterocycles. The van der Waals surface area contributed by atoms with Gasteiger partial charge >= 0.3 is 12.1 Å². The van der Waals surface area contributed by atoms with Gasteiger partial charge < -0.3 is 19.5 Å². The zero-order chi connectivity index (χ0) is 32.5. The van der Waals surface area contributed by atoms with Crippen LogP contribution in [0.25, 0.3) is 0 Å². The van der Waals surface area contributed by atoms with Gasteiger partial charge in [0.2, 0.25) is 0 Å². The third-order valence-corrected chi connectivity index (χ3v) is 9.13. The van der Waals surface area contributed by atoms with E-state index in [1.807, 2.05) is 20.8 Å². The summed E-state index contributed by atoms with van der Waals surface area (Å²) in [5.74, 6) is 3.40. The molecule has 1 N–H and O–H groups in total. The number of rotatable bonds is 15. The van der Waals surface area contributed by atoms with Crippen molar-refractivity contribution in [1.82, 2.24) is 5.32 Å². The Morgan fingerprint density at radius 1 is 0.860 bits per heavy atom. The third-order valence-electron chi connectivity index (χ3n) is 9.13. The van der Waals surface area contributed by atoms with Crippen molar-refractivity contribution >= 4 is 12.1 Å². The Bertz CT molecular complexity index is 1070. The fraction of sp³-hybridized carbons (Fsp3) is 0.784. The molecule has 43 heavy (non-hydrogen) atoms. The predicted octanol–water partition coefficient (Wildman–Crippen LogP) is 9.95. The molecule has 4 atom stereocenters. The Kier molecular flexibility index (Phi) is 13.9. The van der Waals surface area contributed by atoms with E-state index < -0.39 is 23.7 Å². The highest BCUT2D eigenvalue weighted by atomic mass is 16.6. The molecule has 6 heteroatoms. The van der Waals surface area contributed by atoms with Gasteiger partial charge in [-0.25, -0.2) is 9.59 Å². The fourth-order valence-electron chi connectivity index (χ4n) is 6.15. The summed E-state index contributed by atoms with van der Waals surface area (Å²) in [5.41, 5.74) is 3.13. The molecule has 0 aliphatic carbocycles. The monoisotopic (exact) mass is 601 g/mol. The standard InChI is InChI=1S/C37H63NO5/c1-24(2)16-13-17-25(3)18-14-19-26(4)20-15-22-37(12)23-21-31-29(7)32(27(5)28(6)33(31)42-37)41-34(39)30(8)38-35(40)43-36(9,10)11/h24-26,30H,13-23H2,1-12H3,(H,38,40)/t25-,26-,30+,37+/m0/s1. The number of amides is 1. The molecule has 2 rings (SSSR count). The van der Waals surface area contributed by atoms with Gasteiger partial charge in [0, 0.05) is 5.56 Å². The van der Waals surface area contributed by atoms with Crippen LogP contribution in [0.3, 0.4) is 0 Å². The predicted molar refractivity (Wildman–Crippen MR) is 177 cm³/mol.